The molecule has 2 amide bonds. The fourth-order valence-corrected chi connectivity index (χ4v) is 3.20. The summed E-state index contributed by atoms with van der Waals surface area (Å²) in [5.74, 6) is -0.973. The summed E-state index contributed by atoms with van der Waals surface area (Å²) in [4.78, 5) is 26.5. The van der Waals surface area contributed by atoms with E-state index in [1.54, 1.807) is 17.0 Å². The zero-order chi connectivity index (χ0) is 19.0. The maximum atomic E-state index is 13.1. The van der Waals surface area contributed by atoms with Crippen LogP contribution in [-0.4, -0.2) is 36.1 Å². The Bertz CT molecular complexity index is 869. The van der Waals surface area contributed by atoms with Crippen molar-refractivity contribution in [1.82, 2.24) is 4.90 Å². The number of fused-ring (bicyclic) bond motifs is 1. The molecule has 3 heterocycles. The molecule has 4 rings (SSSR count). The summed E-state index contributed by atoms with van der Waals surface area (Å²) in [6.07, 6.45) is -0.986. The molecule has 9 heteroatoms. The number of ether oxygens (including phenoxy) is 2. The third kappa shape index (κ3) is 3.57. The minimum Gasteiger partial charge on any atom is -0.459 e. The number of piperidine rings is 1. The van der Waals surface area contributed by atoms with Crippen molar-refractivity contribution >= 4 is 17.5 Å². The van der Waals surface area contributed by atoms with Crippen molar-refractivity contribution in [3.63, 3.8) is 0 Å². The average molecular weight is 378 g/mol. The van der Waals surface area contributed by atoms with Gasteiger partial charge in [-0.2, -0.15) is 0 Å². The van der Waals surface area contributed by atoms with E-state index >= 15 is 0 Å². The summed E-state index contributed by atoms with van der Waals surface area (Å²) in [6.45, 7) is 0.802. The van der Waals surface area contributed by atoms with Crippen LogP contribution in [0.3, 0.4) is 0 Å². The Hall–Kier alpha value is -3.10. The van der Waals surface area contributed by atoms with Gasteiger partial charge in [0, 0.05) is 24.8 Å². The van der Waals surface area contributed by atoms with E-state index in [-0.39, 0.29) is 35.6 Å². The molecule has 142 valence electrons. The Balaban J connectivity index is 1.41. The van der Waals surface area contributed by atoms with Crippen LogP contribution in [0.5, 0.6) is 11.5 Å². The molecule has 1 N–H and O–H groups in total. The molecule has 1 aromatic carbocycles. The van der Waals surface area contributed by atoms with Crippen LogP contribution in [0.15, 0.2) is 41.0 Å². The molecule has 1 aromatic heterocycles. The summed E-state index contributed by atoms with van der Waals surface area (Å²) in [6, 6.07) is 7.25. The third-order valence-corrected chi connectivity index (χ3v) is 4.48. The highest BCUT2D eigenvalue weighted by atomic mass is 19.3. The molecule has 2 aliphatic rings. The van der Waals surface area contributed by atoms with Crippen molar-refractivity contribution in [2.75, 3.05) is 18.4 Å². The highest BCUT2D eigenvalue weighted by Gasteiger charge is 2.43. The molecule has 1 fully saturated rings. The lowest BCUT2D eigenvalue weighted by molar-refractivity contribution is -0.286. The number of rotatable bonds is 3. The molecular formula is C18H16F2N2O5. The van der Waals surface area contributed by atoms with Crippen molar-refractivity contribution in [2.24, 2.45) is 5.92 Å². The third-order valence-electron chi connectivity index (χ3n) is 4.48. The fourth-order valence-electron chi connectivity index (χ4n) is 3.20. The predicted octanol–water partition coefficient (Wildman–Crippen LogP) is 3.09. The monoisotopic (exact) mass is 378 g/mol. The summed E-state index contributed by atoms with van der Waals surface area (Å²) < 4.78 is 40.0. The van der Waals surface area contributed by atoms with Gasteiger partial charge in [0.05, 0.1) is 12.2 Å². The first-order valence-corrected chi connectivity index (χ1v) is 8.45. The van der Waals surface area contributed by atoms with Crippen LogP contribution in [0.25, 0.3) is 0 Å². The first-order chi connectivity index (χ1) is 12.9. The maximum absolute atomic E-state index is 13.1. The van der Waals surface area contributed by atoms with Crippen LogP contribution in [0.4, 0.5) is 14.5 Å². The molecule has 7 nitrogen and oxygen atoms in total. The number of hydrogen-bond acceptors (Lipinski definition) is 5. The minimum atomic E-state index is -3.71. The van der Waals surface area contributed by atoms with E-state index in [2.05, 4.69) is 14.8 Å². The first kappa shape index (κ1) is 17.3. The zero-order valence-electron chi connectivity index (χ0n) is 14.1. The number of carbonyl (C=O) groups is 2. The Labute approximate surface area is 152 Å². The topological polar surface area (TPSA) is 81.0 Å². The number of benzene rings is 1. The van der Waals surface area contributed by atoms with Gasteiger partial charge in [0.1, 0.15) is 0 Å². The lowest BCUT2D eigenvalue weighted by atomic mass is 9.96. The van der Waals surface area contributed by atoms with Crippen molar-refractivity contribution in [3.8, 4) is 11.5 Å². The lowest BCUT2D eigenvalue weighted by Crippen LogP contribution is -2.43. The fraction of sp³-hybridized carbons (Fsp3) is 0.333. The summed E-state index contributed by atoms with van der Waals surface area (Å²) in [7, 11) is 0. The van der Waals surface area contributed by atoms with Gasteiger partial charge in [-0.25, -0.2) is 0 Å². The highest BCUT2D eigenvalue weighted by Crippen LogP contribution is 2.42. The number of nitrogens with one attached hydrogen (secondary N) is 1. The van der Waals surface area contributed by atoms with Gasteiger partial charge in [-0.3, -0.25) is 9.59 Å². The van der Waals surface area contributed by atoms with E-state index in [9.17, 15) is 18.4 Å². The Morgan fingerprint density at radius 1 is 1.19 bits per heavy atom. The number of amides is 2. The van der Waals surface area contributed by atoms with Gasteiger partial charge in [0.25, 0.3) is 5.91 Å². The number of alkyl halides is 2. The van der Waals surface area contributed by atoms with Gasteiger partial charge in [-0.1, -0.05) is 0 Å². The number of carbonyl (C=O) groups excluding carboxylic acids is 2. The molecular weight excluding hydrogens is 362 g/mol. The summed E-state index contributed by atoms with van der Waals surface area (Å²) in [5, 5.41) is 2.68. The second kappa shape index (κ2) is 6.57. The second-order valence-corrected chi connectivity index (χ2v) is 6.39. The van der Waals surface area contributed by atoms with Crippen LogP contribution in [0.1, 0.15) is 23.4 Å². The maximum Gasteiger partial charge on any atom is 0.586 e. The van der Waals surface area contributed by atoms with E-state index in [4.69, 9.17) is 4.42 Å². The standard InChI is InChI=1S/C18H16F2N2O5/c19-18(20)26-13-6-5-12(9-15(13)27-18)21-16(23)11-3-1-7-22(10-11)17(24)14-4-2-8-25-14/h2,4-6,8-9,11H,1,3,7,10H2,(H,21,23)/t11-/m0/s1. The second-order valence-electron chi connectivity index (χ2n) is 6.39. The van der Waals surface area contributed by atoms with Crippen LogP contribution in [-0.2, 0) is 4.79 Å². The molecule has 0 radical (unpaired) electrons. The SMILES string of the molecule is O=C(Nc1ccc2c(c1)OC(F)(F)O2)[C@H]1CCCN(C(=O)c2ccco2)C1. The quantitative estimate of drug-likeness (QED) is 0.888. The smallest absolute Gasteiger partial charge is 0.459 e. The summed E-state index contributed by atoms with van der Waals surface area (Å²) >= 11 is 0. The molecule has 0 unspecified atom stereocenters. The van der Waals surface area contributed by atoms with Crippen LogP contribution >= 0.6 is 0 Å². The number of nitrogens with zero attached hydrogens (tertiary/aromatic N) is 1. The normalized spacial score (nSPS) is 20.4. The van der Waals surface area contributed by atoms with Crippen molar-refractivity contribution < 1.29 is 32.3 Å². The molecule has 2 aromatic rings. The molecule has 0 spiro atoms. The number of likely N-dealkylation sites (tertiary alicyclic amines) is 1. The largest absolute Gasteiger partial charge is 0.586 e. The van der Waals surface area contributed by atoms with E-state index in [1.165, 1.54) is 24.5 Å². The molecule has 2 aliphatic heterocycles. The van der Waals surface area contributed by atoms with Gasteiger partial charge < -0.3 is 24.1 Å². The van der Waals surface area contributed by atoms with Gasteiger partial charge in [-0.05, 0) is 37.1 Å². The molecule has 0 aliphatic carbocycles. The number of hydrogen-bond donors (Lipinski definition) is 1. The lowest BCUT2D eigenvalue weighted by Gasteiger charge is -2.31. The van der Waals surface area contributed by atoms with Crippen molar-refractivity contribution in [3.05, 3.63) is 42.4 Å². The van der Waals surface area contributed by atoms with Crippen molar-refractivity contribution in [1.29, 1.82) is 0 Å². The predicted molar refractivity (Wildman–Crippen MR) is 88.6 cm³/mol. The Kier molecular flexibility index (Phi) is 4.21. The molecule has 0 bridgehead atoms. The zero-order valence-corrected chi connectivity index (χ0v) is 14.1. The van der Waals surface area contributed by atoms with Gasteiger partial charge in [-0.15, -0.1) is 8.78 Å². The van der Waals surface area contributed by atoms with Crippen LogP contribution in [0.2, 0.25) is 0 Å². The van der Waals surface area contributed by atoms with E-state index < -0.39 is 12.2 Å². The van der Waals surface area contributed by atoms with E-state index in [0.29, 0.717) is 25.1 Å². The van der Waals surface area contributed by atoms with E-state index in [1.807, 2.05) is 0 Å². The highest BCUT2D eigenvalue weighted by molar-refractivity contribution is 5.95. The Morgan fingerprint density at radius 2 is 2.00 bits per heavy atom. The minimum absolute atomic E-state index is 0.0918. The first-order valence-electron chi connectivity index (χ1n) is 8.45. The van der Waals surface area contributed by atoms with Gasteiger partial charge in [0.15, 0.2) is 17.3 Å². The molecule has 1 saturated heterocycles. The molecule has 0 saturated carbocycles. The Morgan fingerprint density at radius 3 is 2.78 bits per heavy atom. The average Bonchev–Trinajstić information content (AvgIpc) is 3.27. The number of halogens is 2. The molecule has 1 atom stereocenters. The molecule has 27 heavy (non-hydrogen) atoms. The van der Waals surface area contributed by atoms with Gasteiger partial charge >= 0.3 is 6.29 Å². The van der Waals surface area contributed by atoms with Crippen molar-refractivity contribution in [2.45, 2.75) is 19.1 Å². The summed E-state index contributed by atoms with van der Waals surface area (Å²) in [5.41, 5.74) is 0.314. The van der Waals surface area contributed by atoms with Gasteiger partial charge in [0.2, 0.25) is 5.91 Å². The van der Waals surface area contributed by atoms with Crippen LogP contribution < -0.4 is 14.8 Å². The number of anilines is 1. The van der Waals surface area contributed by atoms with E-state index in [0.717, 1.165) is 0 Å². The number of furan rings is 1. The van der Waals surface area contributed by atoms with Crippen LogP contribution in [0, 0.1) is 5.92 Å².